The van der Waals surface area contributed by atoms with Gasteiger partial charge in [0.25, 0.3) is 0 Å². The van der Waals surface area contributed by atoms with Gasteiger partial charge in [-0.2, -0.15) is 0 Å². The van der Waals surface area contributed by atoms with Crippen LogP contribution < -0.4 is 10.0 Å². The van der Waals surface area contributed by atoms with E-state index in [2.05, 4.69) is 10.0 Å². The van der Waals surface area contributed by atoms with Gasteiger partial charge in [0.15, 0.2) is 17.2 Å². The first-order valence-electron chi connectivity index (χ1n) is 10.5. The van der Waals surface area contributed by atoms with Gasteiger partial charge in [0.1, 0.15) is 17.2 Å². The molecule has 1 saturated carbocycles. The molecule has 174 valence electrons. The number of fused-ring (bicyclic) bond motifs is 1. The topological polar surface area (TPSA) is 77.7 Å². The molecule has 0 amide bonds. The molecule has 1 aromatic heterocycles. The van der Waals surface area contributed by atoms with Crippen molar-refractivity contribution >= 4 is 40.0 Å². The van der Waals surface area contributed by atoms with E-state index in [4.69, 9.17) is 9.52 Å². The predicted molar refractivity (Wildman–Crippen MR) is 123 cm³/mol. The molecule has 1 atom stereocenters. The Labute approximate surface area is 189 Å². The minimum Gasteiger partial charge on any atom is -0.462 e. The van der Waals surface area contributed by atoms with Crippen molar-refractivity contribution in [2.24, 2.45) is 0 Å². The van der Waals surface area contributed by atoms with Gasteiger partial charge in [0.05, 0.1) is 30.0 Å². The molecular formula is C23H27F3N2O3S. The molecule has 4 N–H and O–H groups in total. The van der Waals surface area contributed by atoms with E-state index in [1.807, 2.05) is 13.8 Å². The zero-order valence-electron chi connectivity index (χ0n) is 18.1. The number of aliphatic hydroxyl groups excluding tert-OH is 2. The molecule has 0 bridgehead atoms. The van der Waals surface area contributed by atoms with Crippen LogP contribution in [-0.2, 0) is 0 Å². The Balaban J connectivity index is 0.00000141. The molecule has 1 heterocycles. The summed E-state index contributed by atoms with van der Waals surface area (Å²) in [6.07, 6.45) is 2.32. The van der Waals surface area contributed by atoms with Crippen LogP contribution in [0.25, 0.3) is 11.0 Å². The van der Waals surface area contributed by atoms with E-state index in [9.17, 15) is 18.3 Å². The maximum atomic E-state index is 14.9. The molecule has 1 aliphatic carbocycles. The smallest absolute Gasteiger partial charge is 0.185 e. The predicted octanol–water partition coefficient (Wildman–Crippen LogP) is 6.26. The minimum atomic E-state index is -1.16. The van der Waals surface area contributed by atoms with Gasteiger partial charge in [0.2, 0.25) is 0 Å². The van der Waals surface area contributed by atoms with Gasteiger partial charge in [-0.15, -0.1) is 0 Å². The lowest BCUT2D eigenvalue weighted by molar-refractivity contribution is 0.0865. The van der Waals surface area contributed by atoms with Crippen LogP contribution in [0, 0.1) is 24.4 Å². The second-order valence-corrected chi connectivity index (χ2v) is 8.85. The molecule has 0 spiro atoms. The van der Waals surface area contributed by atoms with Crippen molar-refractivity contribution in [3.8, 4) is 0 Å². The van der Waals surface area contributed by atoms with Gasteiger partial charge < -0.3 is 24.7 Å². The number of halogens is 3. The van der Waals surface area contributed by atoms with E-state index in [-0.39, 0.29) is 39.4 Å². The molecule has 4 rings (SSSR count). The van der Waals surface area contributed by atoms with E-state index >= 15 is 0 Å². The third-order valence-corrected chi connectivity index (χ3v) is 6.48. The number of benzene rings is 2. The fourth-order valence-electron chi connectivity index (χ4n) is 3.34. The van der Waals surface area contributed by atoms with Gasteiger partial charge in [-0.1, -0.05) is 19.9 Å². The van der Waals surface area contributed by atoms with E-state index < -0.39 is 23.6 Å². The van der Waals surface area contributed by atoms with Crippen molar-refractivity contribution in [3.05, 3.63) is 53.5 Å². The highest BCUT2D eigenvalue weighted by Crippen LogP contribution is 2.53. The molecule has 1 fully saturated rings. The summed E-state index contributed by atoms with van der Waals surface area (Å²) in [5.41, 5.74) is 0.648. The Morgan fingerprint density at radius 1 is 1.12 bits per heavy atom. The molecule has 5 nitrogen and oxygen atoms in total. The molecule has 0 radical (unpaired) electrons. The number of nitrogens with one attached hydrogen (secondary N) is 2. The number of anilines is 3. The van der Waals surface area contributed by atoms with E-state index in [0.29, 0.717) is 12.0 Å². The summed E-state index contributed by atoms with van der Waals surface area (Å²) in [5.74, 6) is -2.86. The van der Waals surface area contributed by atoms with Crippen molar-refractivity contribution < 1.29 is 27.8 Å². The third-order valence-electron chi connectivity index (χ3n) is 5.17. The van der Waals surface area contributed by atoms with Gasteiger partial charge in [-0.25, -0.2) is 13.2 Å². The Morgan fingerprint density at radius 2 is 1.84 bits per heavy atom. The molecular weight excluding hydrogens is 441 g/mol. The monoisotopic (exact) mass is 468 g/mol. The van der Waals surface area contributed by atoms with Crippen LogP contribution in [0.15, 0.2) is 34.9 Å². The number of aryl methyl sites for hydroxylation is 1. The van der Waals surface area contributed by atoms with E-state index in [1.54, 1.807) is 13.0 Å². The highest BCUT2D eigenvalue weighted by atomic mass is 32.2. The van der Waals surface area contributed by atoms with Crippen molar-refractivity contribution in [2.45, 2.75) is 50.9 Å². The molecule has 2 aromatic carbocycles. The summed E-state index contributed by atoms with van der Waals surface area (Å²) in [4.78, 5) is 0. The maximum Gasteiger partial charge on any atom is 0.185 e. The molecule has 0 saturated heterocycles. The van der Waals surface area contributed by atoms with Crippen molar-refractivity contribution in [1.82, 2.24) is 0 Å². The zero-order valence-corrected chi connectivity index (χ0v) is 19.0. The van der Waals surface area contributed by atoms with Crippen LogP contribution >= 0.6 is 11.9 Å². The van der Waals surface area contributed by atoms with Crippen LogP contribution in [0.3, 0.4) is 0 Å². The fourth-order valence-corrected chi connectivity index (χ4v) is 4.43. The SMILES string of the molecule is CC.Cc1ccc(Nc2c(F)c(F)c3ccoc3c2NSC2(CC(O)CO)CC2)c(F)c1. The van der Waals surface area contributed by atoms with Gasteiger partial charge in [-0.3, -0.25) is 0 Å². The third kappa shape index (κ3) is 5.00. The van der Waals surface area contributed by atoms with Crippen LogP contribution in [0.5, 0.6) is 0 Å². The summed E-state index contributed by atoms with van der Waals surface area (Å²) in [6, 6.07) is 5.72. The van der Waals surface area contributed by atoms with Crippen LogP contribution in [0.4, 0.5) is 30.2 Å². The van der Waals surface area contributed by atoms with E-state index in [1.165, 1.54) is 36.4 Å². The quantitative estimate of drug-likeness (QED) is 0.292. The van der Waals surface area contributed by atoms with Crippen molar-refractivity contribution in [2.75, 3.05) is 16.6 Å². The molecule has 9 heteroatoms. The highest BCUT2D eigenvalue weighted by molar-refractivity contribution is 8.02. The number of hydrogen-bond acceptors (Lipinski definition) is 6. The number of furan rings is 1. The summed E-state index contributed by atoms with van der Waals surface area (Å²) < 4.78 is 52.0. The zero-order chi connectivity index (χ0) is 23.5. The molecule has 3 aromatic rings. The second kappa shape index (κ2) is 10.1. The lowest BCUT2D eigenvalue weighted by atomic mass is 10.1. The Kier molecular flexibility index (Phi) is 7.63. The summed E-state index contributed by atoms with van der Waals surface area (Å²) in [6.45, 7) is 5.37. The first-order chi connectivity index (χ1) is 15.3. The standard InChI is InChI=1S/C21H21F3N2O3S.C2H6/c1-11-2-3-15(14(22)8-11)25-18-17(24)16(23)13-4-7-29-20(13)19(18)26-30-21(5-6-21)9-12(28)10-27;1-2/h2-4,7-8,12,25-28H,5-6,9-10H2,1H3;1-2H3. The average molecular weight is 469 g/mol. The first kappa shape index (κ1) is 24.3. The fraction of sp³-hybridized carbons (Fsp3) is 0.391. The lowest BCUT2D eigenvalue weighted by Gasteiger charge is -2.21. The van der Waals surface area contributed by atoms with Gasteiger partial charge in [-0.05, 0) is 61.9 Å². The van der Waals surface area contributed by atoms with Gasteiger partial charge in [0, 0.05) is 4.75 Å². The molecule has 0 aliphatic heterocycles. The summed E-state index contributed by atoms with van der Waals surface area (Å²) in [7, 11) is 0. The van der Waals surface area contributed by atoms with Gasteiger partial charge >= 0.3 is 0 Å². The van der Waals surface area contributed by atoms with Crippen molar-refractivity contribution in [1.29, 1.82) is 0 Å². The normalized spacial score (nSPS) is 15.1. The van der Waals surface area contributed by atoms with Crippen LogP contribution in [0.1, 0.15) is 38.7 Å². The Bertz CT molecular complexity index is 1090. The van der Waals surface area contributed by atoms with Crippen LogP contribution in [0.2, 0.25) is 0 Å². The number of hydrogen-bond donors (Lipinski definition) is 4. The molecule has 1 aliphatic rings. The number of aliphatic hydroxyl groups is 2. The van der Waals surface area contributed by atoms with Crippen molar-refractivity contribution in [3.63, 3.8) is 0 Å². The lowest BCUT2D eigenvalue weighted by Crippen LogP contribution is -2.21. The summed E-state index contributed by atoms with van der Waals surface area (Å²) in [5, 5.41) is 21.5. The molecule has 1 unspecified atom stereocenters. The largest absolute Gasteiger partial charge is 0.462 e. The highest BCUT2D eigenvalue weighted by Gasteiger charge is 2.45. The minimum absolute atomic E-state index is 0.00491. The molecule has 32 heavy (non-hydrogen) atoms. The number of rotatable bonds is 8. The first-order valence-corrected chi connectivity index (χ1v) is 11.3. The van der Waals surface area contributed by atoms with E-state index in [0.717, 1.165) is 12.8 Å². The Morgan fingerprint density at radius 3 is 2.47 bits per heavy atom. The second-order valence-electron chi connectivity index (χ2n) is 7.58. The summed E-state index contributed by atoms with van der Waals surface area (Å²) >= 11 is 1.25. The van der Waals surface area contributed by atoms with Crippen LogP contribution in [-0.4, -0.2) is 27.7 Å². The maximum absolute atomic E-state index is 14.9. The Hall–Kier alpha value is -2.36. The average Bonchev–Trinajstić information content (AvgIpc) is 3.36.